The van der Waals surface area contributed by atoms with E-state index in [0.717, 1.165) is 5.56 Å². The Hall–Kier alpha value is -0.716. The lowest BCUT2D eigenvalue weighted by Crippen LogP contribution is -2.60. The zero-order valence-corrected chi connectivity index (χ0v) is 14.4. The number of carbonyl (C=O) groups is 1. The van der Waals surface area contributed by atoms with Crippen molar-refractivity contribution < 1.29 is 4.79 Å². The molecule has 0 aromatic heterocycles. The highest BCUT2D eigenvalue weighted by molar-refractivity contribution is 6.89. The smallest absolute Gasteiger partial charge is 0.175 e. The lowest BCUT2D eigenvalue weighted by Gasteiger charge is -2.43. The summed E-state index contributed by atoms with van der Waals surface area (Å²) in [7, 11) is -2.89. The maximum atomic E-state index is 12.4. The summed E-state index contributed by atoms with van der Waals surface area (Å²) in [6, 6.07) is 9.64. The minimum Gasteiger partial charge on any atom is -0.339 e. The second-order valence-electron chi connectivity index (χ2n) is 6.72. The van der Waals surface area contributed by atoms with E-state index >= 15 is 0 Å². The van der Waals surface area contributed by atoms with Crippen LogP contribution in [0.2, 0.25) is 39.3 Å². The van der Waals surface area contributed by atoms with Crippen LogP contribution in [0.5, 0.6) is 0 Å². The predicted molar refractivity (Wildman–Crippen MR) is 84.2 cm³/mol. The molecule has 0 saturated heterocycles. The molecule has 0 amide bonds. The first kappa shape index (κ1) is 15.3. The summed E-state index contributed by atoms with van der Waals surface area (Å²) in [6.45, 7) is 14.5. The summed E-state index contributed by atoms with van der Waals surface area (Å²) < 4.78 is 2.52. The first-order valence-electron chi connectivity index (χ1n) is 6.48. The van der Waals surface area contributed by atoms with Crippen LogP contribution in [0.15, 0.2) is 30.3 Å². The molecule has 0 saturated carbocycles. The third kappa shape index (κ3) is 4.19. The van der Waals surface area contributed by atoms with Crippen molar-refractivity contribution in [1.29, 1.82) is 0 Å². The molecule has 1 rings (SSSR count). The second-order valence-corrected chi connectivity index (χ2v) is 16.9. The van der Waals surface area contributed by atoms with Gasteiger partial charge in [-0.3, -0.25) is 4.79 Å². The Morgan fingerprint density at radius 3 is 1.78 bits per heavy atom. The Bertz CT molecular complexity index is 390. The molecule has 0 heterocycles. The van der Waals surface area contributed by atoms with E-state index in [-0.39, 0.29) is 5.78 Å². The van der Waals surface area contributed by atoms with Crippen molar-refractivity contribution in [3.8, 4) is 0 Å². The summed E-state index contributed by atoms with van der Waals surface area (Å²) in [6.07, 6.45) is 0. The lowest BCUT2D eigenvalue weighted by molar-refractivity contribution is 0.0979. The van der Waals surface area contributed by atoms with Crippen molar-refractivity contribution in [3.05, 3.63) is 35.9 Å². The molecule has 0 bridgehead atoms. The van der Waals surface area contributed by atoms with Crippen molar-refractivity contribution >= 4 is 22.3 Å². The van der Waals surface area contributed by atoms with Gasteiger partial charge in [0, 0.05) is 12.1 Å². The van der Waals surface area contributed by atoms with Gasteiger partial charge >= 0.3 is 0 Å². The molecule has 0 aliphatic rings. The predicted octanol–water partition coefficient (Wildman–Crippen LogP) is 3.84. The van der Waals surface area contributed by atoms with E-state index < -0.39 is 16.5 Å². The maximum Gasteiger partial charge on any atom is 0.175 e. The average molecular weight is 280 g/mol. The van der Waals surface area contributed by atoms with Crippen molar-refractivity contribution in [2.24, 2.45) is 0 Å². The van der Waals surface area contributed by atoms with Crippen LogP contribution in [-0.2, 0) is 0 Å². The molecule has 2 nitrogen and oxygen atoms in total. The van der Waals surface area contributed by atoms with Crippen molar-refractivity contribution in [1.82, 2.24) is 4.23 Å². The molecule has 4 heteroatoms. The number of carbonyl (C=O) groups excluding carboxylic acids is 1. The van der Waals surface area contributed by atoms with Gasteiger partial charge in [0.25, 0.3) is 0 Å². The van der Waals surface area contributed by atoms with Crippen LogP contribution < -0.4 is 0 Å². The summed E-state index contributed by atoms with van der Waals surface area (Å²) in [5.41, 5.74) is 0.832. The van der Waals surface area contributed by atoms with Gasteiger partial charge in [0.15, 0.2) is 5.78 Å². The molecular weight excluding hydrogens is 254 g/mol. The molecule has 0 fully saturated rings. The van der Waals surface area contributed by atoms with Crippen molar-refractivity contribution in [2.75, 3.05) is 6.54 Å². The zero-order valence-electron chi connectivity index (χ0n) is 12.4. The van der Waals surface area contributed by atoms with Crippen LogP contribution in [-0.4, -0.2) is 33.0 Å². The first-order valence-corrected chi connectivity index (χ1v) is 13.4. The first-order chi connectivity index (χ1) is 8.12. The Balaban J connectivity index is 2.90. The summed E-state index contributed by atoms with van der Waals surface area (Å²) in [4.78, 5) is 12.4. The Kier molecular flexibility index (Phi) is 4.69. The van der Waals surface area contributed by atoms with Crippen molar-refractivity contribution in [2.45, 2.75) is 39.3 Å². The standard InChI is InChI=1S/C14H25NOSi2/c1-17(2,3)15(18(4,5)6)12-14(16)13-10-8-7-9-11-13/h7-11H,12H2,1-6H3. The molecule has 0 N–H and O–H groups in total. The van der Waals surface area contributed by atoms with Gasteiger partial charge in [-0.1, -0.05) is 69.6 Å². The molecular formula is C14H25NOSi2. The van der Waals surface area contributed by atoms with E-state index in [2.05, 4.69) is 43.5 Å². The molecule has 0 radical (unpaired) electrons. The van der Waals surface area contributed by atoms with Crippen LogP contribution in [0.1, 0.15) is 10.4 Å². The van der Waals surface area contributed by atoms with Gasteiger partial charge in [-0.05, 0) is 0 Å². The van der Waals surface area contributed by atoms with Crippen LogP contribution in [0.4, 0.5) is 0 Å². The molecule has 1 aromatic rings. The van der Waals surface area contributed by atoms with Gasteiger partial charge in [-0.25, -0.2) is 0 Å². The summed E-state index contributed by atoms with van der Waals surface area (Å²) in [5, 5.41) is 0. The molecule has 100 valence electrons. The highest BCUT2D eigenvalue weighted by Gasteiger charge is 2.35. The highest BCUT2D eigenvalue weighted by atomic mass is 28.4. The SMILES string of the molecule is C[Si](C)(C)N(CC(=O)c1ccccc1)[Si](C)(C)C. The fourth-order valence-corrected chi connectivity index (χ4v) is 11.6. The Morgan fingerprint density at radius 1 is 0.944 bits per heavy atom. The number of rotatable bonds is 5. The zero-order chi connectivity index (χ0) is 14.0. The monoisotopic (exact) mass is 279 g/mol. The molecule has 0 aliphatic carbocycles. The highest BCUT2D eigenvalue weighted by Crippen LogP contribution is 2.20. The quantitative estimate of drug-likeness (QED) is 0.603. The van der Waals surface area contributed by atoms with Gasteiger partial charge in [0.2, 0.25) is 0 Å². The lowest BCUT2D eigenvalue weighted by atomic mass is 10.1. The number of ketones is 1. The molecule has 1 aromatic carbocycles. The normalized spacial score (nSPS) is 12.8. The van der Waals surface area contributed by atoms with E-state index in [4.69, 9.17) is 0 Å². The summed E-state index contributed by atoms with van der Waals surface area (Å²) >= 11 is 0. The average Bonchev–Trinajstić information content (AvgIpc) is 2.23. The van der Waals surface area contributed by atoms with Crippen LogP contribution in [0.3, 0.4) is 0 Å². The number of benzene rings is 1. The molecule has 18 heavy (non-hydrogen) atoms. The number of nitrogens with zero attached hydrogens (tertiary/aromatic N) is 1. The van der Waals surface area contributed by atoms with Gasteiger partial charge in [-0.2, -0.15) is 0 Å². The Labute approximate surface area is 113 Å². The largest absolute Gasteiger partial charge is 0.339 e. The summed E-state index contributed by atoms with van der Waals surface area (Å²) in [5.74, 6) is 0.250. The van der Waals surface area contributed by atoms with Crippen molar-refractivity contribution in [3.63, 3.8) is 0 Å². The maximum absolute atomic E-state index is 12.4. The number of Topliss-reactive ketones (excluding diaryl/α,β-unsaturated/α-hetero) is 1. The van der Waals surface area contributed by atoms with E-state index in [9.17, 15) is 4.79 Å². The topological polar surface area (TPSA) is 20.3 Å². The Morgan fingerprint density at radius 2 is 1.39 bits per heavy atom. The van der Waals surface area contributed by atoms with E-state index in [1.54, 1.807) is 0 Å². The van der Waals surface area contributed by atoms with Crippen LogP contribution in [0.25, 0.3) is 0 Å². The van der Waals surface area contributed by atoms with E-state index in [0.29, 0.717) is 6.54 Å². The third-order valence-electron chi connectivity index (χ3n) is 3.02. The third-order valence-corrected chi connectivity index (χ3v) is 10.6. The van der Waals surface area contributed by atoms with Gasteiger partial charge < -0.3 is 4.23 Å². The van der Waals surface area contributed by atoms with Gasteiger partial charge in [-0.15, -0.1) is 0 Å². The minimum absolute atomic E-state index is 0.250. The van der Waals surface area contributed by atoms with Crippen LogP contribution in [0, 0.1) is 0 Å². The van der Waals surface area contributed by atoms with Gasteiger partial charge in [0.05, 0.1) is 0 Å². The molecule has 0 spiro atoms. The minimum atomic E-state index is -1.44. The number of hydrogen-bond acceptors (Lipinski definition) is 2. The van der Waals surface area contributed by atoms with E-state index in [1.165, 1.54) is 0 Å². The fraction of sp³-hybridized carbons (Fsp3) is 0.500. The fourth-order valence-electron chi connectivity index (χ4n) is 2.34. The molecule has 0 aliphatic heterocycles. The second kappa shape index (κ2) is 5.51. The molecule has 0 atom stereocenters. The van der Waals surface area contributed by atoms with Crippen LogP contribution >= 0.6 is 0 Å². The van der Waals surface area contributed by atoms with E-state index in [1.807, 2.05) is 30.3 Å². The molecule has 0 unspecified atom stereocenters. The number of hydrogen-bond donors (Lipinski definition) is 0. The van der Waals surface area contributed by atoms with Gasteiger partial charge in [0.1, 0.15) is 16.5 Å².